The van der Waals surface area contributed by atoms with Crippen LogP contribution in [0.5, 0.6) is 5.75 Å². The normalized spacial score (nSPS) is 17.5. The van der Waals surface area contributed by atoms with Crippen LogP contribution in [0.4, 0.5) is 0 Å². The standard InChI is InChI=1S/C16H24N2O2/c1-20-14-8-4-3-7-13(14)11-15(19)18-16(12-17)9-5-2-6-10-16/h3-4,7-8H,2,5-6,9-12,17H2,1H3,(H,18,19). The van der Waals surface area contributed by atoms with Crippen molar-refractivity contribution in [2.24, 2.45) is 5.73 Å². The van der Waals surface area contributed by atoms with Crippen LogP contribution in [0.15, 0.2) is 24.3 Å². The molecule has 2 rings (SSSR count). The van der Waals surface area contributed by atoms with Gasteiger partial charge in [0.25, 0.3) is 0 Å². The molecule has 1 aliphatic carbocycles. The van der Waals surface area contributed by atoms with Crippen molar-refractivity contribution in [3.05, 3.63) is 29.8 Å². The Morgan fingerprint density at radius 1 is 1.30 bits per heavy atom. The van der Waals surface area contributed by atoms with E-state index in [0.717, 1.165) is 37.0 Å². The Kier molecular flexibility index (Phi) is 5.01. The van der Waals surface area contributed by atoms with Crippen molar-refractivity contribution in [3.63, 3.8) is 0 Å². The van der Waals surface area contributed by atoms with E-state index in [2.05, 4.69) is 5.32 Å². The van der Waals surface area contributed by atoms with E-state index < -0.39 is 0 Å². The van der Waals surface area contributed by atoms with E-state index in [0.29, 0.717) is 13.0 Å². The number of ether oxygens (including phenoxy) is 1. The monoisotopic (exact) mass is 276 g/mol. The lowest BCUT2D eigenvalue weighted by atomic mass is 9.81. The summed E-state index contributed by atoms with van der Waals surface area (Å²) >= 11 is 0. The van der Waals surface area contributed by atoms with Gasteiger partial charge in [-0.2, -0.15) is 0 Å². The molecule has 1 saturated carbocycles. The van der Waals surface area contributed by atoms with Crippen LogP contribution in [-0.2, 0) is 11.2 Å². The highest BCUT2D eigenvalue weighted by molar-refractivity contribution is 5.80. The predicted octanol–water partition coefficient (Wildman–Crippen LogP) is 2.02. The minimum absolute atomic E-state index is 0.0295. The minimum Gasteiger partial charge on any atom is -0.496 e. The lowest BCUT2D eigenvalue weighted by Gasteiger charge is -2.37. The molecule has 0 atom stereocenters. The topological polar surface area (TPSA) is 64.3 Å². The minimum atomic E-state index is -0.197. The number of carbonyl (C=O) groups is 1. The molecule has 1 amide bonds. The number of benzene rings is 1. The van der Waals surface area contributed by atoms with Gasteiger partial charge in [0.15, 0.2) is 0 Å². The van der Waals surface area contributed by atoms with Gasteiger partial charge in [0.05, 0.1) is 19.1 Å². The average molecular weight is 276 g/mol. The molecule has 0 heterocycles. The van der Waals surface area contributed by atoms with Crippen molar-refractivity contribution in [1.29, 1.82) is 0 Å². The number of methoxy groups -OCH3 is 1. The SMILES string of the molecule is COc1ccccc1CC(=O)NC1(CN)CCCCC1. The molecule has 1 fully saturated rings. The van der Waals surface area contributed by atoms with Gasteiger partial charge in [-0.05, 0) is 18.9 Å². The highest BCUT2D eigenvalue weighted by Crippen LogP contribution is 2.27. The van der Waals surface area contributed by atoms with Gasteiger partial charge in [-0.3, -0.25) is 4.79 Å². The van der Waals surface area contributed by atoms with Crippen molar-refractivity contribution < 1.29 is 9.53 Å². The molecule has 1 aromatic rings. The summed E-state index contributed by atoms with van der Waals surface area (Å²) in [5.74, 6) is 0.787. The number of nitrogens with two attached hydrogens (primary N) is 1. The van der Waals surface area contributed by atoms with Crippen LogP contribution in [0.3, 0.4) is 0 Å². The summed E-state index contributed by atoms with van der Waals surface area (Å²) in [5.41, 5.74) is 6.61. The number of hydrogen-bond donors (Lipinski definition) is 2. The summed E-state index contributed by atoms with van der Waals surface area (Å²) in [6.07, 6.45) is 5.84. The molecular weight excluding hydrogens is 252 g/mol. The van der Waals surface area contributed by atoms with Crippen LogP contribution in [0.1, 0.15) is 37.7 Å². The molecule has 110 valence electrons. The van der Waals surface area contributed by atoms with Gasteiger partial charge in [-0.1, -0.05) is 37.5 Å². The number of rotatable bonds is 5. The molecule has 0 spiro atoms. The molecule has 0 unspecified atom stereocenters. The quantitative estimate of drug-likeness (QED) is 0.864. The highest BCUT2D eigenvalue weighted by atomic mass is 16.5. The van der Waals surface area contributed by atoms with E-state index in [-0.39, 0.29) is 11.4 Å². The van der Waals surface area contributed by atoms with Crippen LogP contribution in [0.25, 0.3) is 0 Å². The Morgan fingerprint density at radius 3 is 2.65 bits per heavy atom. The molecule has 1 aliphatic rings. The highest BCUT2D eigenvalue weighted by Gasteiger charge is 2.32. The van der Waals surface area contributed by atoms with Gasteiger partial charge in [0, 0.05) is 12.1 Å². The first-order valence-electron chi connectivity index (χ1n) is 7.32. The summed E-state index contributed by atoms with van der Waals surface area (Å²) in [4.78, 5) is 12.3. The molecule has 0 bridgehead atoms. The number of para-hydroxylation sites is 1. The third-order valence-corrected chi connectivity index (χ3v) is 4.15. The van der Waals surface area contributed by atoms with Gasteiger partial charge in [-0.15, -0.1) is 0 Å². The number of nitrogens with one attached hydrogen (secondary N) is 1. The molecule has 1 aromatic carbocycles. The first-order valence-corrected chi connectivity index (χ1v) is 7.32. The molecule has 0 aliphatic heterocycles. The van der Waals surface area contributed by atoms with Crippen molar-refractivity contribution in [1.82, 2.24) is 5.32 Å². The second-order valence-corrected chi connectivity index (χ2v) is 5.58. The maximum absolute atomic E-state index is 12.3. The van der Waals surface area contributed by atoms with E-state index >= 15 is 0 Å². The number of amides is 1. The Balaban J connectivity index is 2.01. The lowest BCUT2D eigenvalue weighted by molar-refractivity contribution is -0.122. The fourth-order valence-corrected chi connectivity index (χ4v) is 2.97. The van der Waals surface area contributed by atoms with Crippen molar-refractivity contribution >= 4 is 5.91 Å². The number of hydrogen-bond acceptors (Lipinski definition) is 3. The van der Waals surface area contributed by atoms with E-state index in [1.807, 2.05) is 24.3 Å². The van der Waals surface area contributed by atoms with E-state index in [1.165, 1.54) is 6.42 Å². The summed E-state index contributed by atoms with van der Waals surface area (Å²) in [7, 11) is 1.62. The first-order chi connectivity index (χ1) is 9.69. The largest absolute Gasteiger partial charge is 0.496 e. The Morgan fingerprint density at radius 2 is 2.00 bits per heavy atom. The van der Waals surface area contributed by atoms with Crippen molar-refractivity contribution in [3.8, 4) is 5.75 Å². The number of carbonyl (C=O) groups excluding carboxylic acids is 1. The summed E-state index contributed by atoms with van der Waals surface area (Å²) in [5, 5.41) is 3.16. The maximum atomic E-state index is 12.3. The van der Waals surface area contributed by atoms with Crippen LogP contribution >= 0.6 is 0 Å². The Hall–Kier alpha value is -1.55. The smallest absolute Gasteiger partial charge is 0.225 e. The summed E-state index contributed by atoms with van der Waals surface area (Å²) in [6.45, 7) is 0.519. The fraction of sp³-hybridized carbons (Fsp3) is 0.562. The summed E-state index contributed by atoms with van der Waals surface area (Å²) in [6, 6.07) is 7.63. The first kappa shape index (κ1) is 14.9. The third-order valence-electron chi connectivity index (χ3n) is 4.15. The van der Waals surface area contributed by atoms with Gasteiger partial charge in [-0.25, -0.2) is 0 Å². The fourth-order valence-electron chi connectivity index (χ4n) is 2.97. The van der Waals surface area contributed by atoms with Crippen molar-refractivity contribution in [2.45, 2.75) is 44.1 Å². The second kappa shape index (κ2) is 6.75. The zero-order valence-corrected chi connectivity index (χ0v) is 12.2. The molecule has 0 radical (unpaired) electrons. The summed E-state index contributed by atoms with van der Waals surface area (Å²) < 4.78 is 5.28. The second-order valence-electron chi connectivity index (χ2n) is 5.58. The van der Waals surface area contributed by atoms with E-state index in [1.54, 1.807) is 7.11 Å². The predicted molar refractivity (Wildman–Crippen MR) is 79.7 cm³/mol. The Labute approximate surface area is 120 Å². The van der Waals surface area contributed by atoms with Crippen LogP contribution < -0.4 is 15.8 Å². The third kappa shape index (κ3) is 3.51. The Bertz CT molecular complexity index is 454. The van der Waals surface area contributed by atoms with Crippen LogP contribution in [0, 0.1) is 0 Å². The van der Waals surface area contributed by atoms with Crippen LogP contribution in [0.2, 0.25) is 0 Å². The zero-order chi connectivity index (χ0) is 14.4. The molecule has 20 heavy (non-hydrogen) atoms. The van der Waals surface area contributed by atoms with Crippen molar-refractivity contribution in [2.75, 3.05) is 13.7 Å². The van der Waals surface area contributed by atoms with Gasteiger partial charge in [0.2, 0.25) is 5.91 Å². The lowest BCUT2D eigenvalue weighted by Crippen LogP contribution is -2.55. The molecular formula is C16H24N2O2. The van der Waals surface area contributed by atoms with Gasteiger partial charge >= 0.3 is 0 Å². The van der Waals surface area contributed by atoms with E-state index in [4.69, 9.17) is 10.5 Å². The molecule has 4 nitrogen and oxygen atoms in total. The van der Waals surface area contributed by atoms with Gasteiger partial charge in [0.1, 0.15) is 5.75 Å². The average Bonchev–Trinajstić information content (AvgIpc) is 2.48. The maximum Gasteiger partial charge on any atom is 0.225 e. The zero-order valence-electron chi connectivity index (χ0n) is 12.2. The molecule has 3 N–H and O–H groups in total. The van der Waals surface area contributed by atoms with E-state index in [9.17, 15) is 4.79 Å². The molecule has 0 saturated heterocycles. The molecule has 4 heteroatoms. The molecule has 0 aromatic heterocycles. The van der Waals surface area contributed by atoms with Crippen LogP contribution in [-0.4, -0.2) is 25.1 Å². The van der Waals surface area contributed by atoms with Gasteiger partial charge < -0.3 is 15.8 Å².